The molecule has 1 amide bonds. The molecule has 0 atom stereocenters. The first-order chi connectivity index (χ1) is 22.9. The summed E-state index contributed by atoms with van der Waals surface area (Å²) < 4.78 is 54.2. The quantitative estimate of drug-likeness (QED) is 0.164. The second-order valence-electron chi connectivity index (χ2n) is 8.46. The molecule has 48 heavy (non-hydrogen) atoms. The van der Waals surface area contributed by atoms with Crippen molar-refractivity contribution in [3.63, 3.8) is 0 Å². The average Bonchev–Trinajstić information content (AvgIpc) is 3.60. The number of amides is 1. The Morgan fingerprint density at radius 1 is 1.10 bits per heavy atom. The monoisotopic (exact) mass is 804 g/mol. The lowest BCUT2D eigenvalue weighted by molar-refractivity contribution is -0.125. The number of allylic oxidation sites excluding steroid dienone is 2. The summed E-state index contributed by atoms with van der Waals surface area (Å²) in [4.78, 5) is 16.3. The van der Waals surface area contributed by atoms with Crippen LogP contribution in [-0.4, -0.2) is 42.9 Å². The van der Waals surface area contributed by atoms with Gasteiger partial charge in [-0.2, -0.15) is 18.2 Å². The summed E-state index contributed by atoms with van der Waals surface area (Å²) in [5, 5.41) is 6.27. The van der Waals surface area contributed by atoms with E-state index in [-0.39, 0.29) is 18.3 Å². The largest absolute Gasteiger partial charge is 0.497 e. The minimum Gasteiger partial charge on any atom is -0.497 e. The maximum absolute atomic E-state index is 12.3. The number of rotatable bonds is 9. The number of nitrogens with two attached hydrogens (primary N) is 1. The van der Waals surface area contributed by atoms with Gasteiger partial charge in [-0.25, -0.2) is 0 Å². The van der Waals surface area contributed by atoms with Crippen LogP contribution in [0.2, 0.25) is 0 Å². The highest BCUT2D eigenvalue weighted by atomic mass is 79.9. The van der Waals surface area contributed by atoms with Crippen molar-refractivity contribution < 1.29 is 32.0 Å². The van der Waals surface area contributed by atoms with Crippen molar-refractivity contribution in [3.8, 4) is 35.2 Å². The van der Waals surface area contributed by atoms with Crippen molar-refractivity contribution in [1.29, 1.82) is 0 Å². The molecule has 0 radical (unpaired) electrons. The second-order valence-corrected chi connectivity index (χ2v) is 10.2. The molecule has 0 saturated heterocycles. The smallest absolute Gasteiger partial charge is 0.392 e. The van der Waals surface area contributed by atoms with Gasteiger partial charge < -0.3 is 25.0 Å². The first-order valence-corrected chi connectivity index (χ1v) is 16.7. The molecular weight excluding hydrogens is 757 g/mol. The number of alkyl halides is 3. The zero-order valence-corrected chi connectivity index (χ0v) is 32.4. The van der Waals surface area contributed by atoms with E-state index in [4.69, 9.17) is 14.0 Å². The van der Waals surface area contributed by atoms with Crippen LogP contribution < -0.4 is 20.5 Å². The van der Waals surface area contributed by atoms with Crippen molar-refractivity contribution in [2.45, 2.75) is 74.1 Å². The molecule has 0 aliphatic heterocycles. The van der Waals surface area contributed by atoms with Crippen LogP contribution in [0.3, 0.4) is 0 Å². The van der Waals surface area contributed by atoms with Crippen molar-refractivity contribution in [2.24, 2.45) is 5.73 Å². The predicted molar refractivity (Wildman–Crippen MR) is 197 cm³/mol. The number of terminal acetylenes is 1. The van der Waals surface area contributed by atoms with Gasteiger partial charge in [-0.05, 0) is 81.7 Å². The lowest BCUT2D eigenvalue weighted by Crippen LogP contribution is -2.25. The molecule has 0 fully saturated rings. The van der Waals surface area contributed by atoms with Crippen LogP contribution in [0.5, 0.6) is 11.5 Å². The van der Waals surface area contributed by atoms with Gasteiger partial charge in [0, 0.05) is 12.1 Å². The van der Waals surface area contributed by atoms with Gasteiger partial charge in [-0.3, -0.25) is 4.79 Å². The maximum Gasteiger partial charge on any atom is 0.392 e. The number of nitrogens with one attached hydrogen (secondary N) is 1. The number of carbonyl (C=O) groups is 1. The van der Waals surface area contributed by atoms with Gasteiger partial charge >= 0.3 is 18.0 Å². The van der Waals surface area contributed by atoms with Gasteiger partial charge in [0.25, 0.3) is 0 Å². The van der Waals surface area contributed by atoms with E-state index in [0.717, 1.165) is 17.4 Å². The number of hydrogen-bond donors (Lipinski definition) is 2. The molecular formula is C35H49Br2F3N4O4. The maximum atomic E-state index is 12.3. The first-order valence-electron chi connectivity index (χ1n) is 15.1. The molecule has 0 aliphatic rings. The highest BCUT2D eigenvalue weighted by Crippen LogP contribution is 2.38. The molecule has 0 unspecified atom stereocenters. The molecule has 0 aliphatic carbocycles. The molecule has 8 nitrogen and oxygen atoms in total. The Hall–Kier alpha value is -3.60. The van der Waals surface area contributed by atoms with E-state index in [1.54, 1.807) is 19.2 Å². The van der Waals surface area contributed by atoms with Gasteiger partial charge in [0.15, 0.2) is 0 Å². The number of carbonyl (C=O) groups excluding carboxylic acids is 1. The summed E-state index contributed by atoms with van der Waals surface area (Å²) in [5.74, 6) is 2.66. The summed E-state index contributed by atoms with van der Waals surface area (Å²) in [7, 11) is 3.10. The van der Waals surface area contributed by atoms with Crippen molar-refractivity contribution >= 4 is 37.8 Å². The van der Waals surface area contributed by atoms with E-state index in [0.29, 0.717) is 32.4 Å². The van der Waals surface area contributed by atoms with Crippen LogP contribution >= 0.6 is 31.9 Å². The number of methoxy groups -OCH3 is 1. The Morgan fingerprint density at radius 3 is 2.04 bits per heavy atom. The van der Waals surface area contributed by atoms with E-state index in [1.165, 1.54) is 26.5 Å². The number of ether oxygens (including phenoxy) is 2. The van der Waals surface area contributed by atoms with Crippen LogP contribution in [-0.2, 0) is 6.61 Å². The van der Waals surface area contributed by atoms with Crippen LogP contribution in [0.25, 0.3) is 11.4 Å². The van der Waals surface area contributed by atoms with Gasteiger partial charge in [-0.15, -0.1) is 6.42 Å². The molecule has 2 aromatic carbocycles. The molecule has 1 heterocycles. The summed E-state index contributed by atoms with van der Waals surface area (Å²) in [6.45, 7) is 17.2. The van der Waals surface area contributed by atoms with E-state index in [1.807, 2.05) is 52.0 Å². The lowest BCUT2D eigenvalue weighted by atomic mass is 10.2. The highest BCUT2D eigenvalue weighted by molar-refractivity contribution is 9.11. The Bertz CT molecular complexity index is 1350. The van der Waals surface area contributed by atoms with Crippen molar-refractivity contribution in [1.82, 2.24) is 15.5 Å². The molecule has 3 aromatic rings. The van der Waals surface area contributed by atoms with Gasteiger partial charge in [-0.1, -0.05) is 89.4 Å². The Balaban J connectivity index is -0.00000136. The van der Waals surface area contributed by atoms with Crippen LogP contribution in [0.4, 0.5) is 13.2 Å². The normalized spacial score (nSPS) is 9.75. The number of halogens is 5. The third-order valence-electron chi connectivity index (χ3n) is 4.75. The van der Waals surface area contributed by atoms with Gasteiger partial charge in [0.05, 0.1) is 22.5 Å². The van der Waals surface area contributed by atoms with E-state index in [2.05, 4.69) is 85.8 Å². The Morgan fingerprint density at radius 2 is 1.60 bits per heavy atom. The highest BCUT2D eigenvalue weighted by Gasteiger charge is 2.25. The van der Waals surface area contributed by atoms with Crippen LogP contribution in [0.1, 0.15) is 77.6 Å². The van der Waals surface area contributed by atoms with Gasteiger partial charge in [0.2, 0.25) is 5.82 Å². The topological polar surface area (TPSA) is 113 Å². The van der Waals surface area contributed by atoms with E-state index >= 15 is 0 Å². The fourth-order valence-electron chi connectivity index (χ4n) is 2.79. The number of aromatic nitrogens is 2. The minimum absolute atomic E-state index is 0.0794. The third kappa shape index (κ3) is 21.3. The van der Waals surface area contributed by atoms with E-state index < -0.39 is 18.5 Å². The number of hydrogen-bond acceptors (Lipinski definition) is 7. The second kappa shape index (κ2) is 29.5. The molecule has 0 bridgehead atoms. The molecule has 1 aromatic heterocycles. The van der Waals surface area contributed by atoms with Crippen LogP contribution in [0, 0.1) is 12.3 Å². The van der Waals surface area contributed by atoms with Crippen molar-refractivity contribution in [3.05, 3.63) is 81.1 Å². The molecule has 13 heteroatoms. The fraction of sp³-hybridized carbons (Fsp3) is 0.400. The number of nitrogens with zero attached hydrogens (tertiary/aromatic N) is 2. The summed E-state index contributed by atoms with van der Waals surface area (Å²) in [6.07, 6.45) is 2.95. The summed E-state index contributed by atoms with van der Waals surface area (Å²) in [5.41, 5.74) is 6.35. The fourth-order valence-corrected chi connectivity index (χ4v) is 4.21. The third-order valence-corrected chi connectivity index (χ3v) is 5.92. The van der Waals surface area contributed by atoms with Crippen LogP contribution in [0.15, 0.2) is 74.2 Å². The molecule has 0 spiro atoms. The minimum atomic E-state index is -4.30. The lowest BCUT2D eigenvalue weighted by Gasteiger charge is -2.12. The van der Waals surface area contributed by atoms with Gasteiger partial charge in [0.1, 0.15) is 18.1 Å². The predicted octanol–water partition coefficient (Wildman–Crippen LogP) is 10.3. The number of benzene rings is 2. The molecule has 0 saturated carbocycles. The zero-order valence-electron chi connectivity index (χ0n) is 29.2. The zero-order chi connectivity index (χ0) is 37.7. The average molecular weight is 807 g/mol. The van der Waals surface area contributed by atoms with E-state index in [9.17, 15) is 18.0 Å². The Kier molecular flexibility index (Phi) is 30.0. The standard InChI is InChI=1S/C23H20Br2F3N3O4.C4H4.C3H8.2C2H6.CH5N/c1-13(7-8-23(26,27)28)11-29-21(32)22-30-20(31-35-22)15-9-17(24)19(18(25)10-15)34-12-14-3-5-16(33-2)6-4-14;1-3-4-2;1-3-2;3*1-2/h3-7,9-10H,8,11-12H2,1-2H3,(H,29,32);1,4H,2H2;3H2,1-2H3;2*1-2H3;2H2,1H3/b13-7+;;;;;. The summed E-state index contributed by atoms with van der Waals surface area (Å²) in [6, 6.07) is 10.9. The first kappa shape index (κ1) is 48.8. The van der Waals surface area contributed by atoms with Crippen molar-refractivity contribution in [2.75, 3.05) is 20.7 Å². The molecule has 3 N–H and O–H groups in total. The molecule has 3 rings (SSSR count). The Labute approximate surface area is 301 Å². The SMILES string of the molecule is C#CC=C.CC.CC.CCC.CN.COc1ccc(COc2c(Br)cc(-c3noc(C(=O)NC/C(C)=C/CC(F)(F)F)n3)cc2Br)cc1. The molecule has 268 valence electrons. The summed E-state index contributed by atoms with van der Waals surface area (Å²) >= 11 is 6.94.